The van der Waals surface area contributed by atoms with E-state index in [0.29, 0.717) is 13.0 Å². The molecule has 1 heterocycles. The van der Waals surface area contributed by atoms with Crippen molar-refractivity contribution in [3.63, 3.8) is 0 Å². The Kier molecular flexibility index (Phi) is 6.46. The van der Waals surface area contributed by atoms with Crippen LogP contribution in [0.15, 0.2) is 53.4 Å². The van der Waals surface area contributed by atoms with Gasteiger partial charge in [0, 0.05) is 17.0 Å². The Morgan fingerprint density at radius 2 is 1.72 bits per heavy atom. The fourth-order valence-electron chi connectivity index (χ4n) is 2.93. The summed E-state index contributed by atoms with van der Waals surface area (Å²) in [5.41, 5.74) is 3.97. The van der Waals surface area contributed by atoms with E-state index >= 15 is 0 Å². The fraction of sp³-hybridized carbons (Fsp3) is 0.238. The second kappa shape index (κ2) is 8.86. The van der Waals surface area contributed by atoms with Crippen LogP contribution >= 0.6 is 11.3 Å². The van der Waals surface area contributed by atoms with Crippen LogP contribution in [0, 0.1) is 13.8 Å². The van der Waals surface area contributed by atoms with Gasteiger partial charge in [-0.15, -0.1) is 11.3 Å². The number of rotatable bonds is 7. The number of primary sulfonamides is 1. The van der Waals surface area contributed by atoms with Gasteiger partial charge in [0.05, 0.1) is 22.0 Å². The highest BCUT2D eigenvalue weighted by Gasteiger charge is 2.15. The molecule has 0 aliphatic rings. The maximum absolute atomic E-state index is 12.4. The summed E-state index contributed by atoms with van der Waals surface area (Å²) in [5.74, 6) is -0.0665. The van der Waals surface area contributed by atoms with Gasteiger partial charge in [-0.3, -0.25) is 4.79 Å². The molecule has 3 rings (SSSR count). The predicted molar refractivity (Wildman–Crippen MR) is 115 cm³/mol. The largest absolute Gasteiger partial charge is 0.355 e. The molecule has 0 saturated carbocycles. The summed E-state index contributed by atoms with van der Waals surface area (Å²) >= 11 is 1.53. The predicted octanol–water partition coefficient (Wildman–Crippen LogP) is 2.98. The normalized spacial score (nSPS) is 11.4. The van der Waals surface area contributed by atoms with Crippen LogP contribution in [0.4, 0.5) is 0 Å². The zero-order chi connectivity index (χ0) is 21.0. The number of carbonyl (C=O) groups is 1. The minimum atomic E-state index is -3.69. The number of amides is 1. The Labute approximate surface area is 174 Å². The topological polar surface area (TPSA) is 102 Å². The summed E-state index contributed by atoms with van der Waals surface area (Å²) in [6, 6.07) is 14.5. The van der Waals surface area contributed by atoms with Crippen molar-refractivity contribution in [1.29, 1.82) is 0 Å². The fourth-order valence-corrected chi connectivity index (χ4v) is 4.40. The maximum Gasteiger partial charge on any atom is 0.238 e. The first kappa shape index (κ1) is 21.2. The van der Waals surface area contributed by atoms with Crippen molar-refractivity contribution in [2.24, 2.45) is 5.14 Å². The summed E-state index contributed by atoms with van der Waals surface area (Å²) < 4.78 is 22.6. The number of nitrogens with zero attached hydrogens (tertiary/aromatic N) is 1. The molecule has 3 N–H and O–H groups in total. The molecular formula is C21H23N3O3S2. The van der Waals surface area contributed by atoms with Crippen molar-refractivity contribution < 1.29 is 13.2 Å². The van der Waals surface area contributed by atoms with Crippen LogP contribution in [0.1, 0.15) is 21.0 Å². The zero-order valence-electron chi connectivity index (χ0n) is 16.3. The van der Waals surface area contributed by atoms with Gasteiger partial charge in [-0.1, -0.05) is 42.0 Å². The molecule has 3 aromatic rings. The number of hydrogen-bond donors (Lipinski definition) is 2. The van der Waals surface area contributed by atoms with Crippen molar-refractivity contribution in [3.05, 3.63) is 69.5 Å². The van der Waals surface area contributed by atoms with Gasteiger partial charge < -0.3 is 5.32 Å². The minimum Gasteiger partial charge on any atom is -0.355 e. The smallest absolute Gasteiger partial charge is 0.238 e. The molecular weight excluding hydrogens is 406 g/mol. The minimum absolute atomic E-state index is 0.0665. The number of thiazole rings is 1. The van der Waals surface area contributed by atoms with Crippen molar-refractivity contribution >= 4 is 27.3 Å². The Balaban J connectivity index is 1.58. The highest BCUT2D eigenvalue weighted by molar-refractivity contribution is 7.89. The number of nitrogens with two attached hydrogens (primary N) is 1. The van der Waals surface area contributed by atoms with Crippen molar-refractivity contribution in [2.75, 3.05) is 6.54 Å². The third-order valence-corrected chi connectivity index (χ3v) is 6.34. The monoisotopic (exact) mass is 429 g/mol. The van der Waals surface area contributed by atoms with Crippen LogP contribution in [-0.4, -0.2) is 25.9 Å². The number of sulfonamides is 1. The molecule has 0 aliphatic carbocycles. The van der Waals surface area contributed by atoms with E-state index in [9.17, 15) is 13.2 Å². The summed E-state index contributed by atoms with van der Waals surface area (Å²) in [6.45, 7) is 4.44. The van der Waals surface area contributed by atoms with Crippen LogP contribution < -0.4 is 10.5 Å². The zero-order valence-corrected chi connectivity index (χ0v) is 17.9. The summed E-state index contributed by atoms with van der Waals surface area (Å²) in [4.78, 5) is 18.0. The molecule has 8 heteroatoms. The third-order valence-electron chi connectivity index (χ3n) is 4.44. The molecule has 0 radical (unpaired) electrons. The van der Waals surface area contributed by atoms with Gasteiger partial charge in [-0.2, -0.15) is 0 Å². The molecule has 1 amide bonds. The Morgan fingerprint density at radius 3 is 2.34 bits per heavy atom. The van der Waals surface area contributed by atoms with E-state index in [4.69, 9.17) is 5.14 Å². The van der Waals surface area contributed by atoms with Gasteiger partial charge >= 0.3 is 0 Å². The van der Waals surface area contributed by atoms with Crippen LogP contribution in [0.3, 0.4) is 0 Å². The maximum atomic E-state index is 12.4. The van der Waals surface area contributed by atoms with Gasteiger partial charge in [0.15, 0.2) is 0 Å². The standard InChI is InChI=1S/C21H23N3O3S2/c1-14-3-7-17(8-4-14)21-19(28-15(2)24-21)13-20(25)23-12-11-16-5-9-18(10-6-16)29(22,26)27/h3-10H,11-13H2,1-2H3,(H,23,25)(H2,22,26,27). The van der Waals surface area contributed by atoms with E-state index in [1.165, 1.54) is 29.0 Å². The van der Waals surface area contributed by atoms with Crippen molar-refractivity contribution in [2.45, 2.75) is 31.6 Å². The summed E-state index contributed by atoms with van der Waals surface area (Å²) in [6.07, 6.45) is 0.877. The van der Waals surface area contributed by atoms with E-state index < -0.39 is 10.0 Å². The first-order valence-electron chi connectivity index (χ1n) is 9.14. The molecule has 29 heavy (non-hydrogen) atoms. The molecule has 6 nitrogen and oxygen atoms in total. The molecule has 0 bridgehead atoms. The lowest BCUT2D eigenvalue weighted by molar-refractivity contribution is -0.120. The second-order valence-electron chi connectivity index (χ2n) is 6.84. The SMILES string of the molecule is Cc1ccc(-c2nc(C)sc2CC(=O)NCCc2ccc(S(N)(=O)=O)cc2)cc1. The number of aryl methyl sites for hydroxylation is 2. The highest BCUT2D eigenvalue weighted by atomic mass is 32.2. The highest BCUT2D eigenvalue weighted by Crippen LogP contribution is 2.28. The van der Waals surface area contributed by atoms with Gasteiger partial charge in [0.1, 0.15) is 0 Å². The van der Waals surface area contributed by atoms with E-state index in [2.05, 4.69) is 10.3 Å². The van der Waals surface area contributed by atoms with E-state index in [0.717, 1.165) is 26.7 Å². The Morgan fingerprint density at radius 1 is 1.07 bits per heavy atom. The lowest BCUT2D eigenvalue weighted by atomic mass is 10.1. The van der Waals surface area contributed by atoms with E-state index in [1.807, 2.05) is 38.1 Å². The Bertz CT molecular complexity index is 1100. The third kappa shape index (κ3) is 5.72. The van der Waals surface area contributed by atoms with Gasteiger partial charge in [0.2, 0.25) is 15.9 Å². The molecule has 2 aromatic carbocycles. The van der Waals surface area contributed by atoms with Crippen molar-refractivity contribution in [1.82, 2.24) is 10.3 Å². The first-order valence-corrected chi connectivity index (χ1v) is 11.5. The van der Waals surface area contributed by atoms with Crippen LogP contribution in [0.25, 0.3) is 11.3 Å². The molecule has 1 aromatic heterocycles. The Hall–Kier alpha value is -2.55. The van der Waals surface area contributed by atoms with Crippen molar-refractivity contribution in [3.8, 4) is 11.3 Å². The number of nitrogens with one attached hydrogen (secondary N) is 1. The molecule has 0 atom stereocenters. The van der Waals surface area contributed by atoms with Crippen LogP contribution in [0.2, 0.25) is 0 Å². The summed E-state index contributed by atoms with van der Waals surface area (Å²) in [5, 5.41) is 8.94. The van der Waals surface area contributed by atoms with E-state index in [-0.39, 0.29) is 17.2 Å². The average Bonchev–Trinajstić information content (AvgIpc) is 3.02. The molecule has 0 fully saturated rings. The molecule has 0 saturated heterocycles. The van der Waals surface area contributed by atoms with Gasteiger partial charge in [-0.05, 0) is 38.0 Å². The number of hydrogen-bond acceptors (Lipinski definition) is 5. The molecule has 0 aliphatic heterocycles. The molecule has 152 valence electrons. The lowest BCUT2D eigenvalue weighted by Gasteiger charge is -2.07. The van der Waals surface area contributed by atoms with Crippen LogP contribution in [-0.2, 0) is 27.7 Å². The first-order chi connectivity index (χ1) is 13.7. The van der Waals surface area contributed by atoms with Crippen LogP contribution in [0.5, 0.6) is 0 Å². The number of carbonyl (C=O) groups excluding carboxylic acids is 1. The van der Waals surface area contributed by atoms with Gasteiger partial charge in [-0.25, -0.2) is 18.5 Å². The summed E-state index contributed by atoms with van der Waals surface area (Å²) in [7, 11) is -3.69. The number of aromatic nitrogens is 1. The second-order valence-corrected chi connectivity index (χ2v) is 9.69. The average molecular weight is 430 g/mol. The van der Waals surface area contributed by atoms with E-state index in [1.54, 1.807) is 12.1 Å². The molecule has 0 spiro atoms. The number of benzene rings is 2. The van der Waals surface area contributed by atoms with Gasteiger partial charge in [0.25, 0.3) is 0 Å². The molecule has 0 unspecified atom stereocenters. The lowest BCUT2D eigenvalue weighted by Crippen LogP contribution is -2.27. The quantitative estimate of drug-likeness (QED) is 0.603.